The monoisotopic (exact) mass is 306 g/mol. The number of aryl methyl sites for hydroxylation is 1. The van der Waals surface area contributed by atoms with E-state index in [0.29, 0.717) is 23.7 Å². The Labute approximate surface area is 126 Å². The smallest absolute Gasteiger partial charge is 0.340 e. The van der Waals surface area contributed by atoms with Gasteiger partial charge in [0.25, 0.3) is 0 Å². The number of nitriles is 1. The van der Waals surface area contributed by atoms with Gasteiger partial charge in [0.15, 0.2) is 0 Å². The van der Waals surface area contributed by atoms with E-state index in [1.54, 1.807) is 13.8 Å². The summed E-state index contributed by atoms with van der Waals surface area (Å²) in [5, 5.41) is 9.30. The van der Waals surface area contributed by atoms with Crippen molar-refractivity contribution in [2.24, 2.45) is 0 Å². The van der Waals surface area contributed by atoms with Crippen molar-refractivity contribution in [1.82, 2.24) is 4.98 Å². The standard InChI is InChI=1S/C14H14N2O4S/c1-3-19-13(17)10-6-9(7-15)12(16-8(10)2)21-11-4-5-20-14(11)18/h6,11H,3-5H2,1-2H3/t11-/m1/s1. The molecule has 0 unspecified atom stereocenters. The van der Waals surface area contributed by atoms with Crippen molar-refractivity contribution in [3.8, 4) is 6.07 Å². The topological polar surface area (TPSA) is 89.3 Å². The summed E-state index contributed by atoms with van der Waals surface area (Å²) in [6.45, 7) is 4.02. The number of hydrogen-bond donors (Lipinski definition) is 0. The van der Waals surface area contributed by atoms with Crippen molar-refractivity contribution in [2.75, 3.05) is 13.2 Å². The summed E-state index contributed by atoms with van der Waals surface area (Å²) < 4.78 is 9.82. The van der Waals surface area contributed by atoms with Crippen LogP contribution in [0.4, 0.5) is 0 Å². The van der Waals surface area contributed by atoms with Gasteiger partial charge in [0.05, 0.1) is 30.0 Å². The van der Waals surface area contributed by atoms with Crippen LogP contribution in [-0.4, -0.2) is 35.4 Å². The number of cyclic esters (lactones) is 1. The third-order valence-corrected chi connectivity index (χ3v) is 4.18. The summed E-state index contributed by atoms with van der Waals surface area (Å²) in [6.07, 6.45) is 0.592. The number of ether oxygens (including phenoxy) is 2. The van der Waals surface area contributed by atoms with E-state index in [-0.39, 0.29) is 29.0 Å². The zero-order valence-corrected chi connectivity index (χ0v) is 12.5. The van der Waals surface area contributed by atoms with Gasteiger partial charge in [-0.25, -0.2) is 9.78 Å². The Hall–Kier alpha value is -2.07. The number of hydrogen-bond acceptors (Lipinski definition) is 7. The maximum Gasteiger partial charge on any atom is 0.340 e. The van der Waals surface area contributed by atoms with E-state index >= 15 is 0 Å². The Morgan fingerprint density at radius 2 is 2.43 bits per heavy atom. The van der Waals surface area contributed by atoms with Gasteiger partial charge in [-0.2, -0.15) is 5.26 Å². The molecular weight excluding hydrogens is 292 g/mol. The molecule has 110 valence electrons. The summed E-state index contributed by atoms with van der Waals surface area (Å²) in [6, 6.07) is 3.47. The van der Waals surface area contributed by atoms with Gasteiger partial charge in [-0.3, -0.25) is 4.79 Å². The van der Waals surface area contributed by atoms with Crippen LogP contribution in [0.2, 0.25) is 0 Å². The highest BCUT2D eigenvalue weighted by Crippen LogP contribution is 2.31. The van der Waals surface area contributed by atoms with Crippen molar-refractivity contribution in [3.05, 3.63) is 22.9 Å². The molecule has 0 amide bonds. The Bertz CT molecular complexity index is 624. The Morgan fingerprint density at radius 3 is 3.00 bits per heavy atom. The third-order valence-electron chi connectivity index (χ3n) is 2.94. The van der Waals surface area contributed by atoms with Gasteiger partial charge in [-0.15, -0.1) is 0 Å². The van der Waals surface area contributed by atoms with E-state index in [0.717, 1.165) is 0 Å². The predicted octanol–water partition coefficient (Wildman–Crippen LogP) is 1.85. The summed E-state index contributed by atoms with van der Waals surface area (Å²) in [7, 11) is 0. The van der Waals surface area contributed by atoms with E-state index in [1.165, 1.54) is 17.8 Å². The zero-order valence-electron chi connectivity index (χ0n) is 11.7. The number of aromatic nitrogens is 1. The maximum atomic E-state index is 11.8. The molecule has 0 bridgehead atoms. The van der Waals surface area contributed by atoms with Crippen LogP contribution in [0.1, 0.15) is 35.0 Å². The number of carbonyl (C=O) groups is 2. The lowest BCUT2D eigenvalue weighted by molar-refractivity contribution is -0.137. The third kappa shape index (κ3) is 3.34. The van der Waals surface area contributed by atoms with Gasteiger partial charge in [-0.05, 0) is 19.9 Å². The molecule has 1 fully saturated rings. The van der Waals surface area contributed by atoms with Gasteiger partial charge in [0.1, 0.15) is 16.3 Å². The molecule has 1 saturated heterocycles. The molecule has 1 aliphatic rings. The molecule has 2 rings (SSSR count). The molecular formula is C14H14N2O4S. The van der Waals surface area contributed by atoms with Crippen LogP contribution in [0.3, 0.4) is 0 Å². The SMILES string of the molecule is CCOC(=O)c1cc(C#N)c(S[C@@H]2CCOC2=O)nc1C. The van der Waals surface area contributed by atoms with Crippen LogP contribution in [0.25, 0.3) is 0 Å². The van der Waals surface area contributed by atoms with Crippen molar-refractivity contribution >= 4 is 23.7 Å². The second-order valence-corrected chi connectivity index (χ2v) is 5.56. The predicted molar refractivity (Wildman–Crippen MR) is 74.9 cm³/mol. The first-order valence-corrected chi connectivity index (χ1v) is 7.37. The van der Waals surface area contributed by atoms with Crippen LogP contribution < -0.4 is 0 Å². The van der Waals surface area contributed by atoms with Gasteiger partial charge < -0.3 is 9.47 Å². The minimum Gasteiger partial charge on any atom is -0.465 e. The quantitative estimate of drug-likeness (QED) is 0.784. The molecule has 2 heterocycles. The molecule has 6 nitrogen and oxygen atoms in total. The van der Waals surface area contributed by atoms with Crippen molar-refractivity contribution < 1.29 is 19.1 Å². The minimum atomic E-state index is -0.504. The molecule has 0 spiro atoms. The van der Waals surface area contributed by atoms with E-state index in [1.807, 2.05) is 6.07 Å². The summed E-state index contributed by atoms with van der Waals surface area (Å²) in [5.41, 5.74) is 1.00. The van der Waals surface area contributed by atoms with Gasteiger partial charge in [0.2, 0.25) is 0 Å². The van der Waals surface area contributed by atoms with Crippen LogP contribution in [-0.2, 0) is 14.3 Å². The van der Waals surface area contributed by atoms with Crippen LogP contribution in [0.15, 0.2) is 11.1 Å². The second-order valence-electron chi connectivity index (χ2n) is 4.37. The lowest BCUT2D eigenvalue weighted by Crippen LogP contribution is -2.12. The largest absolute Gasteiger partial charge is 0.465 e. The Morgan fingerprint density at radius 1 is 1.67 bits per heavy atom. The molecule has 0 N–H and O–H groups in total. The lowest BCUT2D eigenvalue weighted by Gasteiger charge is -2.10. The van der Waals surface area contributed by atoms with Gasteiger partial charge in [-0.1, -0.05) is 11.8 Å². The van der Waals surface area contributed by atoms with Crippen molar-refractivity contribution in [2.45, 2.75) is 30.5 Å². The number of rotatable bonds is 4. The molecule has 1 aromatic heterocycles. The zero-order chi connectivity index (χ0) is 15.4. The molecule has 0 radical (unpaired) electrons. The molecule has 7 heteroatoms. The maximum absolute atomic E-state index is 11.8. The van der Waals surface area contributed by atoms with E-state index in [9.17, 15) is 14.9 Å². The van der Waals surface area contributed by atoms with Crippen LogP contribution >= 0.6 is 11.8 Å². The first-order valence-electron chi connectivity index (χ1n) is 6.49. The van der Waals surface area contributed by atoms with E-state index in [2.05, 4.69) is 4.98 Å². The van der Waals surface area contributed by atoms with Crippen molar-refractivity contribution in [1.29, 1.82) is 5.26 Å². The Kier molecular flexibility index (Phi) is 4.81. The fourth-order valence-electron chi connectivity index (χ4n) is 1.89. The number of carbonyl (C=O) groups excluding carboxylic acids is 2. The second kappa shape index (κ2) is 6.59. The highest BCUT2D eigenvalue weighted by atomic mass is 32.2. The minimum absolute atomic E-state index is 0.255. The van der Waals surface area contributed by atoms with E-state index in [4.69, 9.17) is 9.47 Å². The van der Waals surface area contributed by atoms with Crippen LogP contribution in [0, 0.1) is 18.3 Å². The van der Waals surface area contributed by atoms with E-state index < -0.39 is 5.97 Å². The highest BCUT2D eigenvalue weighted by molar-refractivity contribution is 8.00. The molecule has 21 heavy (non-hydrogen) atoms. The fraction of sp³-hybridized carbons (Fsp3) is 0.429. The molecule has 0 aliphatic carbocycles. The highest BCUT2D eigenvalue weighted by Gasteiger charge is 2.29. The average molecular weight is 306 g/mol. The van der Waals surface area contributed by atoms with Gasteiger partial charge in [0, 0.05) is 6.42 Å². The number of pyridine rings is 1. The van der Waals surface area contributed by atoms with Crippen LogP contribution in [0.5, 0.6) is 0 Å². The molecule has 0 aromatic carbocycles. The molecule has 1 aliphatic heterocycles. The number of thioether (sulfide) groups is 1. The van der Waals surface area contributed by atoms with Crippen molar-refractivity contribution in [3.63, 3.8) is 0 Å². The van der Waals surface area contributed by atoms with Gasteiger partial charge >= 0.3 is 11.9 Å². The summed E-state index contributed by atoms with van der Waals surface area (Å²) in [5.74, 6) is -0.798. The molecule has 1 aromatic rings. The summed E-state index contributed by atoms with van der Waals surface area (Å²) in [4.78, 5) is 27.6. The Balaban J connectivity index is 2.31. The molecule has 0 saturated carbocycles. The molecule has 1 atom stereocenters. The average Bonchev–Trinajstić information content (AvgIpc) is 2.85. The fourth-order valence-corrected chi connectivity index (χ4v) is 2.96. The lowest BCUT2D eigenvalue weighted by atomic mass is 10.1. The normalized spacial score (nSPS) is 17.2. The number of nitrogens with zero attached hydrogens (tertiary/aromatic N) is 2. The first kappa shape index (κ1) is 15.3. The number of esters is 2. The first-order chi connectivity index (χ1) is 10.1. The summed E-state index contributed by atoms with van der Waals surface area (Å²) >= 11 is 1.20.